The molecule has 0 atom stereocenters. The molecule has 0 N–H and O–H groups in total. The topological polar surface area (TPSA) is 16.4 Å². The van der Waals surface area contributed by atoms with Gasteiger partial charge >= 0.3 is 0 Å². The van der Waals surface area contributed by atoms with E-state index in [1.807, 2.05) is 6.07 Å². The Morgan fingerprint density at radius 3 is 1.64 bits per heavy atom. The summed E-state index contributed by atoms with van der Waals surface area (Å²) < 4.78 is 6.56. The Morgan fingerprint density at radius 1 is 0.273 bits per heavy atom. The summed E-state index contributed by atoms with van der Waals surface area (Å²) >= 11 is 0. The van der Waals surface area contributed by atoms with Gasteiger partial charge in [0.05, 0.1) is 5.69 Å². The second-order valence-electron chi connectivity index (χ2n) is 17.2. The van der Waals surface area contributed by atoms with Crippen molar-refractivity contribution in [3.8, 4) is 44.5 Å². The second-order valence-corrected chi connectivity index (χ2v) is 17.2. The van der Waals surface area contributed by atoms with Crippen LogP contribution in [0.1, 0.15) is 0 Å². The molecule has 0 fully saturated rings. The van der Waals surface area contributed by atoms with Gasteiger partial charge in [0.25, 0.3) is 0 Å². The van der Waals surface area contributed by atoms with E-state index in [9.17, 15) is 0 Å². The lowest BCUT2D eigenvalue weighted by Gasteiger charge is -2.28. The van der Waals surface area contributed by atoms with Crippen LogP contribution in [0.3, 0.4) is 0 Å². The maximum Gasteiger partial charge on any atom is 0.143 e. The van der Waals surface area contributed by atoms with Crippen molar-refractivity contribution in [2.24, 2.45) is 0 Å². The van der Waals surface area contributed by atoms with Gasteiger partial charge in [-0.15, -0.1) is 0 Å². The maximum atomic E-state index is 6.56. The fourth-order valence-electron chi connectivity index (χ4n) is 10.4. The van der Waals surface area contributed by atoms with Gasteiger partial charge in [-0.25, -0.2) is 0 Å². The van der Waals surface area contributed by atoms with Crippen molar-refractivity contribution in [1.29, 1.82) is 0 Å². The SMILES string of the molecule is c1ccc(-c2c(-c3ccccc3)c3cc(-c4ccc(N(c5cccc(-c6cccc7c6oc6ccccc67)c5)c5cccc6c5ccc5ccccc56)cc4)ccc3c3ccccc23)cc1. The minimum Gasteiger partial charge on any atom is -0.455 e. The first-order valence-corrected chi connectivity index (χ1v) is 22.7. The van der Waals surface area contributed by atoms with E-state index in [4.69, 9.17) is 4.42 Å². The minimum atomic E-state index is 0.897. The normalized spacial score (nSPS) is 11.6. The first-order valence-electron chi connectivity index (χ1n) is 22.7. The molecule has 0 bridgehead atoms. The summed E-state index contributed by atoms with van der Waals surface area (Å²) in [6.07, 6.45) is 0. The summed E-state index contributed by atoms with van der Waals surface area (Å²) in [4.78, 5) is 2.41. The van der Waals surface area contributed by atoms with Crippen LogP contribution in [0.4, 0.5) is 17.1 Å². The highest BCUT2D eigenvalue weighted by atomic mass is 16.3. The Bertz CT molecular complexity index is 3980. The van der Waals surface area contributed by atoms with Crippen LogP contribution in [0.25, 0.3) is 110 Å². The predicted octanol–water partition coefficient (Wildman–Crippen LogP) is 18.3. The van der Waals surface area contributed by atoms with Crippen molar-refractivity contribution < 1.29 is 4.42 Å². The Morgan fingerprint density at radius 2 is 0.833 bits per heavy atom. The van der Waals surface area contributed by atoms with Crippen LogP contribution >= 0.6 is 0 Å². The highest BCUT2D eigenvalue weighted by Gasteiger charge is 2.21. The van der Waals surface area contributed by atoms with Gasteiger partial charge in [0, 0.05) is 33.1 Å². The Kier molecular flexibility index (Phi) is 8.89. The number of benzene rings is 12. The molecule has 1 aromatic heterocycles. The summed E-state index contributed by atoms with van der Waals surface area (Å²) in [5.74, 6) is 0. The third-order valence-electron chi connectivity index (χ3n) is 13.4. The van der Waals surface area contributed by atoms with E-state index in [1.165, 1.54) is 70.9 Å². The van der Waals surface area contributed by atoms with Gasteiger partial charge in [-0.05, 0) is 119 Å². The van der Waals surface area contributed by atoms with Crippen molar-refractivity contribution in [3.63, 3.8) is 0 Å². The quantitative estimate of drug-likeness (QED) is 0.149. The van der Waals surface area contributed by atoms with Crippen LogP contribution in [0.15, 0.2) is 253 Å². The van der Waals surface area contributed by atoms with Crippen LogP contribution in [0.5, 0.6) is 0 Å². The van der Waals surface area contributed by atoms with Crippen LogP contribution in [-0.4, -0.2) is 0 Å². The summed E-state index contributed by atoms with van der Waals surface area (Å²) in [7, 11) is 0. The summed E-state index contributed by atoms with van der Waals surface area (Å²) in [6, 6.07) is 90.3. The van der Waals surface area contributed by atoms with Crippen LogP contribution in [-0.2, 0) is 0 Å². The smallest absolute Gasteiger partial charge is 0.143 e. The van der Waals surface area contributed by atoms with Crippen LogP contribution < -0.4 is 4.90 Å². The number of rotatable bonds is 7. The van der Waals surface area contributed by atoms with Crippen molar-refractivity contribution >= 4 is 82.1 Å². The molecule has 0 saturated heterocycles. The lowest BCUT2D eigenvalue weighted by Crippen LogP contribution is -2.10. The van der Waals surface area contributed by atoms with E-state index >= 15 is 0 Å². The van der Waals surface area contributed by atoms with Gasteiger partial charge in [-0.3, -0.25) is 0 Å². The molecule has 12 aromatic carbocycles. The molecule has 0 aliphatic heterocycles. The zero-order valence-corrected chi connectivity index (χ0v) is 36.0. The minimum absolute atomic E-state index is 0.897. The Hall–Kier alpha value is -8.72. The zero-order chi connectivity index (χ0) is 43.6. The molecule has 1 heterocycles. The number of anilines is 3. The van der Waals surface area contributed by atoms with Gasteiger partial charge in [0.2, 0.25) is 0 Å². The number of hydrogen-bond acceptors (Lipinski definition) is 2. The van der Waals surface area contributed by atoms with E-state index in [2.05, 4.69) is 248 Å². The first kappa shape index (κ1) is 37.8. The van der Waals surface area contributed by atoms with Gasteiger partial charge in [-0.2, -0.15) is 0 Å². The summed E-state index contributed by atoms with van der Waals surface area (Å²) in [5, 5.41) is 12.1. The van der Waals surface area contributed by atoms with Crippen LogP contribution in [0, 0.1) is 0 Å². The standard InChI is InChI=1S/C64H41NO/c1-3-17-44(18-4-1)62-57-26-10-9-24-53(57)54-38-35-46(41-59(54)63(62)45-19-5-2-6-20-45)42-32-36-48(37-33-42)65(60-30-15-28-52-50-23-8-7-16-43(50)34-39-55(52)60)49-22-13-21-47(40-49)51-27-14-29-58-56-25-11-12-31-61(56)66-64(51)58/h1-41H. The highest BCUT2D eigenvalue weighted by molar-refractivity contribution is 6.22. The largest absolute Gasteiger partial charge is 0.455 e. The molecule has 308 valence electrons. The van der Waals surface area contributed by atoms with E-state index in [0.29, 0.717) is 0 Å². The fourth-order valence-corrected chi connectivity index (χ4v) is 10.4. The second kappa shape index (κ2) is 15.5. The predicted molar refractivity (Wildman–Crippen MR) is 280 cm³/mol. The number of nitrogens with zero attached hydrogens (tertiary/aromatic N) is 1. The maximum absolute atomic E-state index is 6.56. The van der Waals surface area contributed by atoms with E-state index < -0.39 is 0 Å². The number of fused-ring (bicyclic) bond motifs is 9. The molecule has 0 spiro atoms. The molecule has 0 saturated carbocycles. The average molecular weight is 840 g/mol. The molecule has 13 rings (SSSR count). The molecule has 2 heteroatoms. The monoisotopic (exact) mass is 839 g/mol. The fraction of sp³-hybridized carbons (Fsp3) is 0. The molecule has 0 radical (unpaired) electrons. The molecule has 13 aromatic rings. The molecule has 2 nitrogen and oxygen atoms in total. The lowest BCUT2D eigenvalue weighted by molar-refractivity contribution is 0.670. The lowest BCUT2D eigenvalue weighted by atomic mass is 9.84. The van der Waals surface area contributed by atoms with Crippen LogP contribution in [0.2, 0.25) is 0 Å². The third kappa shape index (κ3) is 6.18. The van der Waals surface area contributed by atoms with Crippen molar-refractivity contribution in [2.75, 3.05) is 4.90 Å². The van der Waals surface area contributed by atoms with Gasteiger partial charge in [-0.1, -0.05) is 206 Å². The summed E-state index contributed by atoms with van der Waals surface area (Å²) in [5.41, 5.74) is 14.5. The van der Waals surface area contributed by atoms with E-state index in [-0.39, 0.29) is 0 Å². The molecular weight excluding hydrogens is 799 g/mol. The molecule has 0 aliphatic rings. The van der Waals surface area contributed by atoms with E-state index in [1.54, 1.807) is 0 Å². The zero-order valence-electron chi connectivity index (χ0n) is 36.0. The number of hydrogen-bond donors (Lipinski definition) is 0. The van der Waals surface area contributed by atoms with Gasteiger partial charge in [0.15, 0.2) is 0 Å². The summed E-state index contributed by atoms with van der Waals surface area (Å²) in [6.45, 7) is 0. The molecule has 0 aliphatic carbocycles. The molecule has 0 unspecified atom stereocenters. The van der Waals surface area contributed by atoms with E-state index in [0.717, 1.165) is 55.7 Å². The van der Waals surface area contributed by atoms with Crippen molar-refractivity contribution in [3.05, 3.63) is 249 Å². The average Bonchev–Trinajstić information content (AvgIpc) is 3.78. The first-order chi connectivity index (χ1) is 32.7. The Balaban J connectivity index is 0.988. The van der Waals surface area contributed by atoms with Crippen molar-refractivity contribution in [2.45, 2.75) is 0 Å². The third-order valence-corrected chi connectivity index (χ3v) is 13.4. The Labute approximate surface area is 382 Å². The highest BCUT2D eigenvalue weighted by Crippen LogP contribution is 2.47. The number of para-hydroxylation sites is 2. The van der Waals surface area contributed by atoms with Gasteiger partial charge < -0.3 is 9.32 Å². The number of furan rings is 1. The van der Waals surface area contributed by atoms with Gasteiger partial charge in [0.1, 0.15) is 11.2 Å². The molecule has 0 amide bonds. The molecular formula is C64H41NO. The molecule has 66 heavy (non-hydrogen) atoms. The van der Waals surface area contributed by atoms with Crippen molar-refractivity contribution in [1.82, 2.24) is 0 Å².